The van der Waals surface area contributed by atoms with E-state index in [1.54, 1.807) is 19.1 Å². The number of nitrogens with one attached hydrogen (secondary N) is 2. The second-order valence-electron chi connectivity index (χ2n) is 4.51. The maximum Gasteiger partial charge on any atom is 0.255 e. The third-order valence-corrected chi connectivity index (χ3v) is 3.06. The number of benzene rings is 1. The van der Waals surface area contributed by atoms with Crippen LogP contribution in [0.3, 0.4) is 0 Å². The van der Waals surface area contributed by atoms with Crippen molar-refractivity contribution in [3.8, 4) is 0 Å². The monoisotopic (exact) mass is 307 g/mol. The zero-order valence-corrected chi connectivity index (χ0v) is 12.5. The maximum atomic E-state index is 13.2. The van der Waals surface area contributed by atoms with Crippen LogP contribution in [0.4, 0.5) is 15.9 Å². The Hall–Kier alpha value is -2.14. The Kier molecular flexibility index (Phi) is 4.75. The normalized spacial score (nSPS) is 10.3. The van der Waals surface area contributed by atoms with E-state index in [1.807, 2.05) is 6.92 Å². The maximum absolute atomic E-state index is 13.2. The lowest BCUT2D eigenvalue weighted by molar-refractivity contribution is 0.102. The van der Waals surface area contributed by atoms with E-state index in [2.05, 4.69) is 15.6 Å². The molecule has 0 saturated heterocycles. The molecule has 0 radical (unpaired) electrons. The summed E-state index contributed by atoms with van der Waals surface area (Å²) in [5.41, 5.74) is 1.56. The molecule has 0 aliphatic carbocycles. The summed E-state index contributed by atoms with van der Waals surface area (Å²) in [5, 5.41) is 5.88. The van der Waals surface area contributed by atoms with Gasteiger partial charge in [-0.2, -0.15) is 0 Å². The van der Waals surface area contributed by atoms with Crippen molar-refractivity contribution >= 4 is 29.0 Å². The minimum atomic E-state index is -0.406. The van der Waals surface area contributed by atoms with Gasteiger partial charge in [-0.25, -0.2) is 9.37 Å². The Bertz CT molecular complexity index is 676. The number of carbonyl (C=O) groups excluding carboxylic acids is 1. The molecule has 1 heterocycles. The number of hydrogen-bond acceptors (Lipinski definition) is 3. The second kappa shape index (κ2) is 6.54. The van der Waals surface area contributed by atoms with Crippen molar-refractivity contribution in [2.75, 3.05) is 17.2 Å². The molecule has 1 aromatic heterocycles. The quantitative estimate of drug-likeness (QED) is 0.843. The van der Waals surface area contributed by atoms with Gasteiger partial charge >= 0.3 is 0 Å². The first-order valence-electron chi connectivity index (χ1n) is 6.48. The zero-order chi connectivity index (χ0) is 15.4. The number of carbonyl (C=O) groups is 1. The molecular weight excluding hydrogens is 293 g/mol. The summed E-state index contributed by atoms with van der Waals surface area (Å²) in [6, 6.07) is 7.29. The Labute approximate surface area is 127 Å². The number of aryl methyl sites for hydroxylation is 1. The molecule has 0 bridgehead atoms. The van der Waals surface area contributed by atoms with Gasteiger partial charge in [0.2, 0.25) is 0 Å². The van der Waals surface area contributed by atoms with Crippen molar-refractivity contribution in [1.82, 2.24) is 4.98 Å². The van der Waals surface area contributed by atoms with E-state index in [0.717, 1.165) is 5.56 Å². The molecule has 4 nitrogen and oxygen atoms in total. The van der Waals surface area contributed by atoms with Crippen molar-refractivity contribution in [1.29, 1.82) is 0 Å². The second-order valence-corrected chi connectivity index (χ2v) is 4.89. The highest BCUT2D eigenvalue weighted by Gasteiger charge is 2.11. The van der Waals surface area contributed by atoms with Gasteiger partial charge in [-0.3, -0.25) is 4.79 Å². The molecule has 2 rings (SSSR count). The molecular formula is C15H15ClFN3O. The van der Waals surface area contributed by atoms with Gasteiger partial charge in [0, 0.05) is 17.8 Å². The molecule has 0 unspecified atom stereocenters. The van der Waals surface area contributed by atoms with E-state index in [-0.39, 0.29) is 11.1 Å². The van der Waals surface area contributed by atoms with E-state index in [0.29, 0.717) is 23.6 Å². The fraction of sp³-hybridized carbons (Fsp3) is 0.200. The van der Waals surface area contributed by atoms with E-state index in [4.69, 9.17) is 11.6 Å². The van der Waals surface area contributed by atoms with Gasteiger partial charge < -0.3 is 10.6 Å². The largest absolute Gasteiger partial charge is 0.370 e. The van der Waals surface area contributed by atoms with Crippen LogP contribution in [0, 0.1) is 12.7 Å². The van der Waals surface area contributed by atoms with Crippen LogP contribution in [0.15, 0.2) is 30.3 Å². The van der Waals surface area contributed by atoms with Crippen molar-refractivity contribution in [2.45, 2.75) is 13.8 Å². The number of aromatic nitrogens is 1. The Morgan fingerprint density at radius 2 is 2.10 bits per heavy atom. The van der Waals surface area contributed by atoms with E-state index in [9.17, 15) is 9.18 Å². The molecule has 0 atom stereocenters. The number of halogens is 2. The third kappa shape index (κ3) is 3.92. The summed E-state index contributed by atoms with van der Waals surface area (Å²) in [4.78, 5) is 16.3. The molecule has 2 N–H and O–H groups in total. The fourth-order valence-corrected chi connectivity index (χ4v) is 2.03. The molecule has 0 aliphatic heterocycles. The predicted molar refractivity (Wildman–Crippen MR) is 82.5 cm³/mol. The number of rotatable bonds is 4. The topological polar surface area (TPSA) is 54.0 Å². The molecule has 0 aliphatic rings. The summed E-state index contributed by atoms with van der Waals surface area (Å²) >= 11 is 5.90. The minimum Gasteiger partial charge on any atom is -0.370 e. The smallest absolute Gasteiger partial charge is 0.255 e. The third-order valence-electron chi connectivity index (χ3n) is 2.86. The van der Waals surface area contributed by atoms with Crippen LogP contribution in [-0.4, -0.2) is 17.4 Å². The van der Waals surface area contributed by atoms with Crippen LogP contribution in [0.1, 0.15) is 22.8 Å². The molecule has 0 spiro atoms. The fourth-order valence-electron chi connectivity index (χ4n) is 1.82. The first-order valence-corrected chi connectivity index (χ1v) is 6.86. The average molecular weight is 308 g/mol. The first-order chi connectivity index (χ1) is 9.99. The van der Waals surface area contributed by atoms with Crippen LogP contribution in [0.2, 0.25) is 5.15 Å². The summed E-state index contributed by atoms with van der Waals surface area (Å²) in [6.45, 7) is 4.37. The molecule has 110 valence electrons. The number of anilines is 2. The van der Waals surface area contributed by atoms with Gasteiger partial charge in [-0.15, -0.1) is 0 Å². The molecule has 1 aromatic carbocycles. The predicted octanol–water partition coefficient (Wildman–Crippen LogP) is 3.87. The van der Waals surface area contributed by atoms with Crippen LogP contribution < -0.4 is 10.6 Å². The summed E-state index contributed by atoms with van der Waals surface area (Å²) in [6.07, 6.45) is 0. The standard InChI is InChI=1S/C15H15ClFN3O/c1-3-18-14-7-10(6-13(16)20-14)15(21)19-12-8-11(17)5-4-9(12)2/h4-8H,3H2,1-2H3,(H,18,20)(H,19,21). The lowest BCUT2D eigenvalue weighted by atomic mass is 10.1. The summed E-state index contributed by atoms with van der Waals surface area (Å²) in [5.74, 6) is -0.254. The summed E-state index contributed by atoms with van der Waals surface area (Å²) in [7, 11) is 0. The number of pyridine rings is 1. The van der Waals surface area contributed by atoms with Crippen LogP contribution in [0.5, 0.6) is 0 Å². The van der Waals surface area contributed by atoms with E-state index < -0.39 is 5.82 Å². The Morgan fingerprint density at radius 1 is 1.33 bits per heavy atom. The zero-order valence-electron chi connectivity index (χ0n) is 11.7. The molecule has 1 amide bonds. The van der Waals surface area contributed by atoms with Crippen molar-refractivity contribution < 1.29 is 9.18 Å². The van der Waals surface area contributed by atoms with Crippen LogP contribution in [0.25, 0.3) is 0 Å². The number of nitrogens with zero attached hydrogens (tertiary/aromatic N) is 1. The molecule has 0 fully saturated rings. The highest BCUT2D eigenvalue weighted by molar-refractivity contribution is 6.30. The number of hydrogen-bond donors (Lipinski definition) is 2. The van der Waals surface area contributed by atoms with Crippen molar-refractivity contribution in [3.05, 3.63) is 52.4 Å². The lowest BCUT2D eigenvalue weighted by Crippen LogP contribution is -2.14. The van der Waals surface area contributed by atoms with Gasteiger partial charge in [0.1, 0.15) is 16.8 Å². The van der Waals surface area contributed by atoms with Gasteiger partial charge in [0.05, 0.1) is 0 Å². The van der Waals surface area contributed by atoms with Crippen molar-refractivity contribution in [2.24, 2.45) is 0 Å². The number of amides is 1. The molecule has 0 saturated carbocycles. The van der Waals surface area contributed by atoms with Gasteiger partial charge in [0.15, 0.2) is 0 Å². The van der Waals surface area contributed by atoms with Gasteiger partial charge in [-0.05, 0) is 43.7 Å². The SMILES string of the molecule is CCNc1cc(C(=O)Nc2cc(F)ccc2C)cc(Cl)n1. The molecule has 2 aromatic rings. The average Bonchev–Trinajstić information content (AvgIpc) is 2.42. The first kappa shape index (κ1) is 15.3. The minimum absolute atomic E-state index is 0.217. The van der Waals surface area contributed by atoms with Crippen LogP contribution in [-0.2, 0) is 0 Å². The van der Waals surface area contributed by atoms with Gasteiger partial charge in [-0.1, -0.05) is 17.7 Å². The highest BCUT2D eigenvalue weighted by Crippen LogP contribution is 2.19. The van der Waals surface area contributed by atoms with Crippen LogP contribution >= 0.6 is 11.6 Å². The highest BCUT2D eigenvalue weighted by atomic mass is 35.5. The van der Waals surface area contributed by atoms with Gasteiger partial charge in [0.25, 0.3) is 5.91 Å². The Morgan fingerprint density at radius 3 is 2.81 bits per heavy atom. The molecule has 21 heavy (non-hydrogen) atoms. The van der Waals surface area contributed by atoms with Crippen molar-refractivity contribution in [3.63, 3.8) is 0 Å². The lowest BCUT2D eigenvalue weighted by Gasteiger charge is -2.10. The van der Waals surface area contributed by atoms with E-state index in [1.165, 1.54) is 18.2 Å². The van der Waals surface area contributed by atoms with E-state index >= 15 is 0 Å². The molecule has 6 heteroatoms. The Balaban J connectivity index is 2.25. The summed E-state index contributed by atoms with van der Waals surface area (Å²) < 4.78 is 13.2.